The number of carbonyl (C=O) groups is 1. The number of fused-ring (bicyclic) bond motifs is 1. The summed E-state index contributed by atoms with van der Waals surface area (Å²) in [6, 6.07) is 6.25. The van der Waals surface area contributed by atoms with Crippen LogP contribution in [0.4, 0.5) is 0 Å². The van der Waals surface area contributed by atoms with Crippen molar-refractivity contribution in [2.45, 2.75) is 84.1 Å². The van der Waals surface area contributed by atoms with Crippen molar-refractivity contribution in [1.82, 2.24) is 14.8 Å². The number of methoxy groups -OCH3 is 1. The molecule has 1 amide bonds. The number of piperidine rings is 2. The average molecular weight is 468 g/mol. The number of aromatic nitrogens is 1. The molecular weight excluding hydrogens is 430 g/mol. The first-order chi connectivity index (χ1) is 16.3. The molecule has 4 aliphatic rings. The van der Waals surface area contributed by atoms with Gasteiger partial charge in [-0.05, 0) is 74.5 Å². The number of nitrogens with one attached hydrogen (secondary N) is 1. The maximum atomic E-state index is 13.6. The molecule has 1 atom stereocenters. The van der Waals surface area contributed by atoms with Crippen LogP contribution in [0.1, 0.15) is 69.7 Å². The predicted octanol–water partition coefficient (Wildman–Crippen LogP) is 4.10. The normalized spacial score (nSPS) is 26.9. The number of benzene rings is 1. The first kappa shape index (κ1) is 23.2. The summed E-state index contributed by atoms with van der Waals surface area (Å²) in [4.78, 5) is 29.6. The first-order valence-electron chi connectivity index (χ1n) is 12.8. The Morgan fingerprint density at radius 2 is 1.79 bits per heavy atom. The fourth-order valence-electron chi connectivity index (χ4n) is 6.98. The Morgan fingerprint density at radius 1 is 1.15 bits per heavy atom. The van der Waals surface area contributed by atoms with Crippen LogP contribution in [0.2, 0.25) is 0 Å². The SMILES string of the molecule is CCC(NC(=O)c1c(O)c2cc(OC)ccc2n(CC(C)C)c1=O)N1C2CC3CC(C2)CC1C3. The van der Waals surface area contributed by atoms with E-state index in [1.54, 1.807) is 29.9 Å². The molecule has 34 heavy (non-hydrogen) atoms. The number of rotatable bonds is 7. The van der Waals surface area contributed by atoms with Crippen LogP contribution in [-0.4, -0.2) is 45.8 Å². The number of aromatic hydroxyl groups is 1. The van der Waals surface area contributed by atoms with Crippen LogP contribution in [0.25, 0.3) is 10.9 Å². The molecule has 2 aromatic rings. The van der Waals surface area contributed by atoms with E-state index in [4.69, 9.17) is 4.74 Å². The minimum absolute atomic E-state index is 0.138. The molecule has 2 saturated heterocycles. The van der Waals surface area contributed by atoms with Gasteiger partial charge in [0.25, 0.3) is 11.5 Å². The van der Waals surface area contributed by atoms with Crippen molar-refractivity contribution in [1.29, 1.82) is 0 Å². The van der Waals surface area contributed by atoms with Crippen LogP contribution in [0.5, 0.6) is 11.5 Å². The standard InChI is InChI=1S/C27H37N3O4/c1-5-23(30-18-9-16-8-17(11-18)12-19(30)10-16)28-26(32)24-25(31)21-13-20(34-4)6-7-22(21)29(27(24)33)14-15(2)3/h6-7,13,15-19,23,31H,5,8-12,14H2,1-4H3,(H,28,32). The Balaban J connectivity index is 1.51. The number of pyridine rings is 1. The fourth-order valence-corrected chi connectivity index (χ4v) is 6.98. The zero-order chi connectivity index (χ0) is 24.1. The van der Waals surface area contributed by atoms with Gasteiger partial charge in [-0.15, -0.1) is 0 Å². The number of hydrogen-bond acceptors (Lipinski definition) is 5. The number of nitrogens with zero attached hydrogens (tertiary/aromatic N) is 2. The van der Waals surface area contributed by atoms with Gasteiger partial charge in [0.1, 0.15) is 17.1 Å². The van der Waals surface area contributed by atoms with Gasteiger partial charge in [-0.25, -0.2) is 0 Å². The molecule has 1 aromatic carbocycles. The second-order valence-corrected chi connectivity index (χ2v) is 11.0. The van der Waals surface area contributed by atoms with Crippen molar-refractivity contribution in [2.75, 3.05) is 7.11 Å². The summed E-state index contributed by atoms with van der Waals surface area (Å²) in [5.41, 5.74) is -0.0217. The van der Waals surface area contributed by atoms with Gasteiger partial charge in [0.05, 0.1) is 18.8 Å². The van der Waals surface area contributed by atoms with Gasteiger partial charge < -0.3 is 19.7 Å². The molecule has 0 radical (unpaired) electrons. The third kappa shape index (κ3) is 3.88. The summed E-state index contributed by atoms with van der Waals surface area (Å²) in [5.74, 6) is 1.65. The average Bonchev–Trinajstić information content (AvgIpc) is 2.80. The van der Waals surface area contributed by atoms with Crippen LogP contribution >= 0.6 is 0 Å². The topological polar surface area (TPSA) is 83.8 Å². The van der Waals surface area contributed by atoms with E-state index >= 15 is 0 Å². The Kier molecular flexibility index (Phi) is 6.09. The monoisotopic (exact) mass is 467 g/mol. The molecule has 2 aliphatic heterocycles. The van der Waals surface area contributed by atoms with Crippen LogP contribution < -0.4 is 15.6 Å². The predicted molar refractivity (Wildman–Crippen MR) is 132 cm³/mol. The molecule has 1 unspecified atom stereocenters. The maximum absolute atomic E-state index is 13.6. The molecule has 3 heterocycles. The van der Waals surface area contributed by atoms with Crippen LogP contribution in [0, 0.1) is 17.8 Å². The van der Waals surface area contributed by atoms with Crippen molar-refractivity contribution in [2.24, 2.45) is 17.8 Å². The Labute approximate surface area is 201 Å². The van der Waals surface area contributed by atoms with Gasteiger partial charge in [0.15, 0.2) is 0 Å². The van der Waals surface area contributed by atoms with Gasteiger partial charge in [0.2, 0.25) is 0 Å². The zero-order valence-corrected chi connectivity index (χ0v) is 20.7. The van der Waals surface area contributed by atoms with E-state index in [-0.39, 0.29) is 23.4 Å². The summed E-state index contributed by atoms with van der Waals surface area (Å²) < 4.78 is 6.95. The quantitative estimate of drug-likeness (QED) is 0.641. The Morgan fingerprint density at radius 3 is 2.35 bits per heavy atom. The third-order valence-electron chi connectivity index (χ3n) is 8.20. The lowest BCUT2D eigenvalue weighted by atomic mass is 9.63. The second-order valence-electron chi connectivity index (χ2n) is 11.0. The number of hydrogen-bond donors (Lipinski definition) is 2. The molecule has 6 rings (SSSR count). The van der Waals surface area contributed by atoms with Crippen LogP contribution in [-0.2, 0) is 6.54 Å². The van der Waals surface area contributed by atoms with Crippen molar-refractivity contribution in [3.63, 3.8) is 0 Å². The largest absolute Gasteiger partial charge is 0.506 e. The number of ether oxygens (including phenoxy) is 1. The van der Waals surface area contributed by atoms with E-state index in [9.17, 15) is 14.7 Å². The van der Waals surface area contributed by atoms with Gasteiger partial charge in [-0.1, -0.05) is 20.8 Å². The lowest BCUT2D eigenvalue weighted by Crippen LogP contribution is -2.64. The third-order valence-corrected chi connectivity index (χ3v) is 8.20. The second kappa shape index (κ2) is 8.91. The molecule has 2 aliphatic carbocycles. The lowest BCUT2D eigenvalue weighted by Gasteiger charge is -2.58. The van der Waals surface area contributed by atoms with E-state index in [0.29, 0.717) is 35.3 Å². The lowest BCUT2D eigenvalue weighted by molar-refractivity contribution is -0.0875. The molecular formula is C27H37N3O4. The molecule has 0 spiro atoms. The number of carbonyl (C=O) groups excluding carboxylic acids is 1. The summed E-state index contributed by atoms with van der Waals surface area (Å²) in [7, 11) is 1.56. The highest BCUT2D eigenvalue weighted by atomic mass is 16.5. The molecule has 1 aromatic heterocycles. The van der Waals surface area contributed by atoms with Crippen LogP contribution in [0.3, 0.4) is 0 Å². The Bertz CT molecular complexity index is 1130. The van der Waals surface area contributed by atoms with Crippen molar-refractivity contribution in [3.05, 3.63) is 34.1 Å². The Hall–Kier alpha value is -2.54. The van der Waals surface area contributed by atoms with Gasteiger partial charge in [-0.2, -0.15) is 0 Å². The summed E-state index contributed by atoms with van der Waals surface area (Å²) in [6.45, 7) is 6.60. The molecule has 7 nitrogen and oxygen atoms in total. The van der Waals surface area contributed by atoms with E-state index in [2.05, 4.69) is 17.1 Å². The minimum Gasteiger partial charge on any atom is -0.506 e. The summed E-state index contributed by atoms with van der Waals surface area (Å²) in [6.07, 6.45) is 6.83. The first-order valence-corrected chi connectivity index (χ1v) is 12.8. The highest BCUT2D eigenvalue weighted by molar-refractivity contribution is 6.02. The van der Waals surface area contributed by atoms with E-state index in [1.165, 1.54) is 32.1 Å². The smallest absolute Gasteiger partial charge is 0.267 e. The highest BCUT2D eigenvalue weighted by Gasteiger charge is 2.49. The van der Waals surface area contributed by atoms with E-state index < -0.39 is 11.5 Å². The maximum Gasteiger partial charge on any atom is 0.267 e. The van der Waals surface area contributed by atoms with Crippen LogP contribution in [0.15, 0.2) is 23.0 Å². The highest BCUT2D eigenvalue weighted by Crippen LogP contribution is 2.49. The van der Waals surface area contributed by atoms with Crippen molar-refractivity contribution in [3.8, 4) is 11.5 Å². The molecule has 184 valence electrons. The summed E-state index contributed by atoms with van der Waals surface area (Å²) in [5, 5.41) is 14.7. The summed E-state index contributed by atoms with van der Waals surface area (Å²) >= 11 is 0. The molecule has 7 heteroatoms. The number of amides is 1. The molecule has 4 bridgehead atoms. The fraction of sp³-hybridized carbons (Fsp3) is 0.630. The van der Waals surface area contributed by atoms with Gasteiger partial charge in [-0.3, -0.25) is 14.5 Å². The molecule has 2 saturated carbocycles. The van der Waals surface area contributed by atoms with Crippen molar-refractivity contribution < 1.29 is 14.6 Å². The van der Waals surface area contributed by atoms with Crippen molar-refractivity contribution >= 4 is 16.8 Å². The van der Waals surface area contributed by atoms with Gasteiger partial charge >= 0.3 is 0 Å². The minimum atomic E-state index is -0.495. The molecule has 2 N–H and O–H groups in total. The van der Waals surface area contributed by atoms with E-state index in [0.717, 1.165) is 18.3 Å². The molecule has 4 fully saturated rings. The van der Waals surface area contributed by atoms with Gasteiger partial charge in [0, 0.05) is 24.0 Å². The van der Waals surface area contributed by atoms with E-state index in [1.807, 2.05) is 13.8 Å². The zero-order valence-electron chi connectivity index (χ0n) is 20.7.